The molecule has 214 valence electrons. The Morgan fingerprint density at radius 2 is 1.80 bits per heavy atom. The van der Waals surface area contributed by atoms with Gasteiger partial charge in [0.1, 0.15) is 17.0 Å². The first-order valence-corrected chi connectivity index (χ1v) is 12.8. The number of carbonyl (C=O) groups excluding carboxylic acids is 3. The van der Waals surface area contributed by atoms with Crippen LogP contribution in [0.3, 0.4) is 0 Å². The van der Waals surface area contributed by atoms with Gasteiger partial charge in [0.05, 0.1) is 29.7 Å². The summed E-state index contributed by atoms with van der Waals surface area (Å²) < 4.78 is 10.8. The van der Waals surface area contributed by atoms with E-state index in [1.807, 2.05) is 30.6 Å². The van der Waals surface area contributed by atoms with E-state index in [-0.39, 0.29) is 5.56 Å². The second kappa shape index (κ2) is 11.8. The number of fused-ring (bicyclic) bond motifs is 1. The number of benzene rings is 2. The lowest BCUT2D eigenvalue weighted by molar-refractivity contribution is 0.0980. The highest BCUT2D eigenvalue weighted by Gasteiger charge is 2.19. The zero-order chi connectivity index (χ0) is 29.8. The molecule has 2 heterocycles. The molecule has 0 fully saturated rings. The number of imidazole rings is 1. The molecule has 2 aromatic carbocycles. The molecule has 0 aliphatic rings. The molecule has 0 unspecified atom stereocenters. The van der Waals surface area contributed by atoms with Gasteiger partial charge in [-0.3, -0.25) is 19.1 Å². The van der Waals surface area contributed by atoms with Crippen LogP contribution >= 0.6 is 0 Å². The van der Waals surface area contributed by atoms with Gasteiger partial charge < -0.3 is 36.4 Å². The second-order valence-electron chi connectivity index (χ2n) is 9.30. The van der Waals surface area contributed by atoms with E-state index < -0.39 is 17.7 Å². The summed E-state index contributed by atoms with van der Waals surface area (Å²) >= 11 is 0. The maximum Gasteiger partial charge on any atom is 0.298 e. The first kappa shape index (κ1) is 28.7. The number of rotatable bonds is 10. The van der Waals surface area contributed by atoms with Gasteiger partial charge in [0, 0.05) is 37.8 Å². The minimum atomic E-state index is -0.607. The van der Waals surface area contributed by atoms with Crippen LogP contribution in [-0.2, 0) is 20.1 Å². The zero-order valence-electron chi connectivity index (χ0n) is 23.3. The van der Waals surface area contributed by atoms with Gasteiger partial charge in [-0.25, -0.2) is 0 Å². The Hall–Kier alpha value is -5.33. The van der Waals surface area contributed by atoms with E-state index in [1.165, 1.54) is 13.2 Å². The van der Waals surface area contributed by atoms with Crippen molar-refractivity contribution in [1.29, 1.82) is 0 Å². The Balaban J connectivity index is 1.73. The van der Waals surface area contributed by atoms with Crippen molar-refractivity contribution in [2.75, 3.05) is 24.7 Å². The van der Waals surface area contributed by atoms with Crippen molar-refractivity contribution in [2.24, 2.45) is 23.5 Å². The number of amides is 3. The molecule has 2 aromatic heterocycles. The van der Waals surface area contributed by atoms with Gasteiger partial charge in [-0.15, -0.1) is 0 Å². The van der Waals surface area contributed by atoms with E-state index in [4.69, 9.17) is 21.9 Å². The fourth-order valence-electron chi connectivity index (χ4n) is 4.53. The average Bonchev–Trinajstić information content (AvgIpc) is 3.45. The summed E-state index contributed by atoms with van der Waals surface area (Å²) in [6, 6.07) is 9.71. The zero-order valence-corrected chi connectivity index (χ0v) is 23.3. The number of aromatic nitrogens is 4. The van der Waals surface area contributed by atoms with Gasteiger partial charge in [-0.05, 0) is 50.2 Å². The molecule has 41 heavy (non-hydrogen) atoms. The van der Waals surface area contributed by atoms with Crippen LogP contribution in [-0.4, -0.2) is 50.3 Å². The lowest BCUT2D eigenvalue weighted by Crippen LogP contribution is -2.26. The Morgan fingerprint density at radius 3 is 2.44 bits per heavy atom. The normalized spacial score (nSPS) is 11.9. The molecule has 0 spiro atoms. The summed E-state index contributed by atoms with van der Waals surface area (Å²) in [4.78, 5) is 41.2. The first-order chi connectivity index (χ1) is 19.5. The number of nitrogens with one attached hydrogen (secondary N) is 1. The number of hydrogen-bond donors (Lipinski definition) is 4. The van der Waals surface area contributed by atoms with Crippen molar-refractivity contribution in [3.63, 3.8) is 0 Å². The molecule has 0 aliphatic heterocycles. The van der Waals surface area contributed by atoms with Crippen molar-refractivity contribution in [3.8, 4) is 5.75 Å². The van der Waals surface area contributed by atoms with Crippen LogP contribution in [0, 0.1) is 6.92 Å². The van der Waals surface area contributed by atoms with Crippen LogP contribution in [0.15, 0.2) is 53.5 Å². The van der Waals surface area contributed by atoms with E-state index in [0.29, 0.717) is 70.4 Å². The molecule has 13 nitrogen and oxygen atoms in total. The summed E-state index contributed by atoms with van der Waals surface area (Å²) in [7, 11) is 3.25. The quantitative estimate of drug-likeness (QED) is 0.168. The molecule has 3 amide bonds. The lowest BCUT2D eigenvalue weighted by Gasteiger charge is -2.09. The number of nitrogen functional groups attached to an aromatic ring is 1. The maximum absolute atomic E-state index is 13.3. The molecule has 4 rings (SSSR count). The third-order valence-electron chi connectivity index (χ3n) is 6.56. The van der Waals surface area contributed by atoms with E-state index >= 15 is 0 Å². The smallest absolute Gasteiger partial charge is 0.298 e. The number of hydrogen-bond acceptors (Lipinski definition) is 7. The minimum Gasteiger partial charge on any atom is -0.494 e. The lowest BCUT2D eigenvalue weighted by atomic mass is 10.1. The van der Waals surface area contributed by atoms with Crippen LogP contribution in [0.1, 0.15) is 43.8 Å². The number of aryl methyl sites for hydroxylation is 3. The van der Waals surface area contributed by atoms with Gasteiger partial charge in [0.15, 0.2) is 0 Å². The van der Waals surface area contributed by atoms with E-state index in [2.05, 4.69) is 15.4 Å². The topological polar surface area (TPSA) is 191 Å². The molecule has 7 N–H and O–H groups in total. The van der Waals surface area contributed by atoms with Gasteiger partial charge in [0.2, 0.25) is 17.4 Å². The van der Waals surface area contributed by atoms with Crippen molar-refractivity contribution in [3.05, 3.63) is 76.7 Å². The van der Waals surface area contributed by atoms with Gasteiger partial charge in [0.25, 0.3) is 5.91 Å². The summed E-state index contributed by atoms with van der Waals surface area (Å²) in [5.74, 6) is -1.21. The van der Waals surface area contributed by atoms with E-state index in [9.17, 15) is 14.4 Å². The van der Waals surface area contributed by atoms with Crippen LogP contribution < -0.4 is 32.9 Å². The number of ether oxygens (including phenoxy) is 1. The first-order valence-electron chi connectivity index (χ1n) is 12.8. The van der Waals surface area contributed by atoms with Crippen LogP contribution in [0.25, 0.3) is 11.0 Å². The molecule has 0 saturated heterocycles. The highest BCUT2D eigenvalue weighted by molar-refractivity contribution is 5.99. The molecule has 0 aliphatic carbocycles. The summed E-state index contributed by atoms with van der Waals surface area (Å²) in [5.41, 5.74) is 21.2. The van der Waals surface area contributed by atoms with Crippen LogP contribution in [0.5, 0.6) is 5.75 Å². The predicted molar refractivity (Wildman–Crippen MR) is 156 cm³/mol. The average molecular weight is 560 g/mol. The monoisotopic (exact) mass is 559 g/mol. The van der Waals surface area contributed by atoms with E-state index in [1.54, 1.807) is 46.6 Å². The third-order valence-corrected chi connectivity index (χ3v) is 6.56. The molecule has 4 aromatic rings. The predicted octanol–water partition coefficient (Wildman–Crippen LogP) is 1.70. The largest absolute Gasteiger partial charge is 0.494 e. The minimum absolute atomic E-state index is 0.263. The number of nitrogens with zero attached hydrogens (tertiary/aromatic N) is 5. The van der Waals surface area contributed by atoms with Crippen molar-refractivity contribution in [2.45, 2.75) is 26.9 Å². The number of nitrogens with two attached hydrogens (primary N) is 3. The molecule has 0 atom stereocenters. The van der Waals surface area contributed by atoms with Crippen LogP contribution in [0.4, 0.5) is 11.4 Å². The summed E-state index contributed by atoms with van der Waals surface area (Å²) in [5, 5.41) is 7.55. The number of methoxy groups -OCH3 is 1. The Kier molecular flexibility index (Phi) is 8.26. The van der Waals surface area contributed by atoms with Gasteiger partial charge >= 0.3 is 0 Å². The van der Waals surface area contributed by atoms with Crippen molar-refractivity contribution >= 4 is 40.1 Å². The summed E-state index contributed by atoms with van der Waals surface area (Å²) in [6.45, 7) is 4.97. The molecule has 0 radical (unpaired) electrons. The number of carbonyl (C=O) groups is 3. The third kappa shape index (κ3) is 5.83. The number of primary amides is 2. The molecular formula is C28H33N9O4. The molecular weight excluding hydrogens is 526 g/mol. The SMILES string of the molecule is CCn1nc(C)cc1C(=O)N=c1n(C)c2cc(C(N)=O)cc(OC)c2n1C/C=C/CNc1ccc(C(N)=O)cc1N. The molecule has 0 bridgehead atoms. The summed E-state index contributed by atoms with van der Waals surface area (Å²) in [6.07, 6.45) is 3.78. The number of allylic oxidation sites excluding steroid dienone is 1. The highest BCUT2D eigenvalue weighted by Crippen LogP contribution is 2.27. The fraction of sp³-hybridized carbons (Fsp3) is 0.250. The maximum atomic E-state index is 13.3. The second-order valence-corrected chi connectivity index (χ2v) is 9.30. The molecule has 13 heteroatoms. The van der Waals surface area contributed by atoms with Crippen molar-refractivity contribution in [1.82, 2.24) is 18.9 Å². The van der Waals surface area contributed by atoms with Gasteiger partial charge in [-0.2, -0.15) is 10.1 Å². The highest BCUT2D eigenvalue weighted by atomic mass is 16.5. The van der Waals surface area contributed by atoms with Crippen molar-refractivity contribution < 1.29 is 19.1 Å². The van der Waals surface area contributed by atoms with Gasteiger partial charge in [-0.1, -0.05) is 12.2 Å². The fourth-order valence-corrected chi connectivity index (χ4v) is 4.53. The standard InChI is InChI=1S/C28H33N9O4/c1-5-37-22(12-16(2)34-37)27(40)33-28-35(3)21-14-18(26(31)39)15-23(41-4)24(21)36(28)11-7-6-10-32-20-9-8-17(25(30)38)13-19(20)29/h6-9,12-15,32H,5,10-11,29H2,1-4H3,(H2,30,38)(H2,31,39)/b7-6+,33-28?. The number of anilines is 2. The Labute approximate surface area is 235 Å². The van der Waals surface area contributed by atoms with Crippen LogP contribution in [0.2, 0.25) is 0 Å². The Morgan fingerprint density at radius 1 is 1.07 bits per heavy atom. The molecule has 0 saturated carbocycles. The van der Waals surface area contributed by atoms with E-state index in [0.717, 1.165) is 0 Å². The Bertz CT molecular complexity index is 1760.